The van der Waals surface area contributed by atoms with Gasteiger partial charge in [0.25, 0.3) is 0 Å². The molecule has 2 aliphatic rings. The second-order valence-corrected chi connectivity index (χ2v) is 6.63. The van der Waals surface area contributed by atoms with E-state index in [-0.39, 0.29) is 18.3 Å². The highest BCUT2D eigenvalue weighted by Gasteiger charge is 2.55. The van der Waals surface area contributed by atoms with Gasteiger partial charge >= 0.3 is 0 Å². The summed E-state index contributed by atoms with van der Waals surface area (Å²) in [6, 6.07) is 7.73. The van der Waals surface area contributed by atoms with E-state index in [1.165, 1.54) is 0 Å². The molecule has 6 nitrogen and oxygen atoms in total. The fourth-order valence-corrected chi connectivity index (χ4v) is 3.26. The van der Waals surface area contributed by atoms with Gasteiger partial charge in [-0.2, -0.15) is 0 Å². The Morgan fingerprint density at radius 1 is 1.12 bits per heavy atom. The molecule has 138 valence electrons. The van der Waals surface area contributed by atoms with Crippen LogP contribution in [-0.4, -0.2) is 50.7 Å². The quantitative estimate of drug-likeness (QED) is 0.735. The zero-order valence-electron chi connectivity index (χ0n) is 15.1. The van der Waals surface area contributed by atoms with E-state index in [0.717, 1.165) is 11.3 Å². The lowest BCUT2D eigenvalue weighted by atomic mass is 9.98. The predicted molar refractivity (Wildman–Crippen MR) is 91.3 cm³/mol. The summed E-state index contributed by atoms with van der Waals surface area (Å²) in [5.41, 5.74) is 1.02. The highest BCUT2D eigenvalue weighted by Crippen LogP contribution is 2.39. The van der Waals surface area contributed by atoms with E-state index in [9.17, 15) is 0 Å². The first-order valence-electron chi connectivity index (χ1n) is 8.38. The van der Waals surface area contributed by atoms with Gasteiger partial charge in [0.05, 0.1) is 13.7 Å². The van der Waals surface area contributed by atoms with Gasteiger partial charge in [0.2, 0.25) is 0 Å². The monoisotopic (exact) mass is 350 g/mol. The number of methoxy groups -OCH3 is 2. The largest absolute Gasteiger partial charge is 0.497 e. The molecule has 0 radical (unpaired) electrons. The molecule has 6 heteroatoms. The maximum Gasteiger partial charge on any atom is 0.186 e. The Morgan fingerprint density at radius 2 is 1.80 bits per heavy atom. The fraction of sp³-hybridized carbons (Fsp3) is 0.579. The summed E-state index contributed by atoms with van der Waals surface area (Å²) in [5, 5.41) is 0. The van der Waals surface area contributed by atoms with Crippen molar-refractivity contribution in [3.8, 4) is 5.75 Å². The number of ether oxygens (including phenoxy) is 6. The molecular weight excluding hydrogens is 324 g/mol. The lowest BCUT2D eigenvalue weighted by Gasteiger charge is -2.40. The molecule has 2 fully saturated rings. The van der Waals surface area contributed by atoms with Crippen LogP contribution in [-0.2, 0) is 30.3 Å². The maximum absolute atomic E-state index is 6.12. The number of hydrogen-bond acceptors (Lipinski definition) is 6. The summed E-state index contributed by atoms with van der Waals surface area (Å²) < 4.78 is 34.8. The predicted octanol–water partition coefficient (Wildman–Crippen LogP) is 2.66. The zero-order valence-corrected chi connectivity index (χ0v) is 15.1. The van der Waals surface area contributed by atoms with Gasteiger partial charge in [-0.3, -0.25) is 0 Å². The normalized spacial score (nSPS) is 33.7. The van der Waals surface area contributed by atoms with Crippen molar-refractivity contribution in [1.29, 1.82) is 0 Å². The molecular formula is C19H26O6. The van der Waals surface area contributed by atoms with Crippen molar-refractivity contribution in [2.75, 3.05) is 14.2 Å². The summed E-state index contributed by atoms with van der Waals surface area (Å²) >= 11 is 0. The van der Waals surface area contributed by atoms with Gasteiger partial charge in [-0.05, 0) is 31.5 Å². The second kappa shape index (κ2) is 7.43. The minimum atomic E-state index is -0.704. The van der Waals surface area contributed by atoms with Crippen LogP contribution in [0.5, 0.6) is 5.75 Å². The molecule has 0 spiro atoms. The van der Waals surface area contributed by atoms with Gasteiger partial charge in [0, 0.05) is 7.11 Å². The molecule has 2 aliphatic heterocycles. The van der Waals surface area contributed by atoms with Gasteiger partial charge in [0.1, 0.15) is 30.2 Å². The highest BCUT2D eigenvalue weighted by molar-refractivity contribution is 5.26. The molecule has 2 saturated heterocycles. The second-order valence-electron chi connectivity index (χ2n) is 6.63. The third-order valence-electron chi connectivity index (χ3n) is 4.44. The van der Waals surface area contributed by atoms with Gasteiger partial charge in [0.15, 0.2) is 12.1 Å². The summed E-state index contributed by atoms with van der Waals surface area (Å²) in [6.07, 6.45) is -0.129. The van der Waals surface area contributed by atoms with Crippen molar-refractivity contribution in [2.45, 2.75) is 56.9 Å². The van der Waals surface area contributed by atoms with E-state index in [1.54, 1.807) is 20.3 Å². The Morgan fingerprint density at radius 3 is 2.40 bits per heavy atom. The van der Waals surface area contributed by atoms with Crippen LogP contribution in [0.1, 0.15) is 19.4 Å². The Kier molecular flexibility index (Phi) is 5.46. The van der Waals surface area contributed by atoms with Crippen LogP contribution in [0.25, 0.3) is 0 Å². The van der Waals surface area contributed by atoms with Crippen molar-refractivity contribution >= 4 is 0 Å². The first-order chi connectivity index (χ1) is 12.0. The lowest BCUT2D eigenvalue weighted by molar-refractivity contribution is -0.273. The molecule has 3 unspecified atom stereocenters. The minimum Gasteiger partial charge on any atom is -0.497 e. The molecule has 25 heavy (non-hydrogen) atoms. The van der Waals surface area contributed by atoms with Gasteiger partial charge < -0.3 is 28.4 Å². The van der Waals surface area contributed by atoms with E-state index in [4.69, 9.17) is 28.4 Å². The van der Waals surface area contributed by atoms with E-state index in [0.29, 0.717) is 6.61 Å². The van der Waals surface area contributed by atoms with Crippen LogP contribution in [0.3, 0.4) is 0 Å². The van der Waals surface area contributed by atoms with E-state index in [1.807, 2.05) is 38.1 Å². The Hall–Kier alpha value is -1.44. The van der Waals surface area contributed by atoms with Crippen molar-refractivity contribution in [1.82, 2.24) is 0 Å². The Balaban J connectivity index is 1.73. The minimum absolute atomic E-state index is 0.278. The van der Waals surface area contributed by atoms with E-state index in [2.05, 4.69) is 6.58 Å². The molecule has 1 aromatic rings. The molecule has 0 saturated carbocycles. The van der Waals surface area contributed by atoms with E-state index < -0.39 is 18.2 Å². The van der Waals surface area contributed by atoms with Crippen LogP contribution >= 0.6 is 0 Å². The Labute approximate surface area is 148 Å². The maximum atomic E-state index is 6.12. The Bertz CT molecular complexity index is 584. The lowest BCUT2D eigenvalue weighted by Crippen LogP contribution is -2.57. The van der Waals surface area contributed by atoms with E-state index >= 15 is 0 Å². The molecule has 0 aliphatic carbocycles. The third kappa shape index (κ3) is 3.88. The van der Waals surface area contributed by atoms with Crippen LogP contribution in [0.4, 0.5) is 0 Å². The average molecular weight is 350 g/mol. The molecule has 1 aromatic carbocycles. The molecule has 0 bridgehead atoms. The number of rotatable bonds is 6. The molecule has 3 rings (SSSR count). The van der Waals surface area contributed by atoms with Crippen LogP contribution in [0, 0.1) is 0 Å². The van der Waals surface area contributed by atoms with Crippen LogP contribution in [0.2, 0.25) is 0 Å². The SMILES string of the molecule is C=CC1O[C@H](OC)C(OCc2ccc(OC)cc2)C2OC(C)(C)O[C@H]12. The molecule has 0 N–H and O–H groups in total. The molecule has 0 amide bonds. The standard InChI is InChI=1S/C19H26O6/c1-6-14-15-16(25-19(2,3)24-15)17(18(21-5)23-14)22-11-12-7-9-13(20-4)10-8-12/h6-10,14-18H,1,11H2,2-5H3/t14?,15-,16?,17?,18+/m1/s1. The third-order valence-corrected chi connectivity index (χ3v) is 4.44. The first-order valence-corrected chi connectivity index (χ1v) is 8.38. The number of fused-ring (bicyclic) bond motifs is 1. The van der Waals surface area contributed by atoms with Crippen molar-refractivity contribution in [2.24, 2.45) is 0 Å². The highest BCUT2D eigenvalue weighted by atomic mass is 16.8. The molecule has 2 heterocycles. The molecule has 0 aromatic heterocycles. The average Bonchev–Trinajstić information content (AvgIpc) is 2.94. The smallest absolute Gasteiger partial charge is 0.186 e. The van der Waals surface area contributed by atoms with Crippen molar-refractivity contribution in [3.05, 3.63) is 42.5 Å². The zero-order chi connectivity index (χ0) is 18.0. The van der Waals surface area contributed by atoms with Gasteiger partial charge in [-0.15, -0.1) is 6.58 Å². The van der Waals surface area contributed by atoms with Gasteiger partial charge in [-0.25, -0.2) is 0 Å². The number of hydrogen-bond donors (Lipinski definition) is 0. The molecule has 5 atom stereocenters. The summed E-state index contributed by atoms with van der Waals surface area (Å²) in [6.45, 7) is 8.00. The summed E-state index contributed by atoms with van der Waals surface area (Å²) in [4.78, 5) is 0. The fourth-order valence-electron chi connectivity index (χ4n) is 3.26. The van der Waals surface area contributed by atoms with Crippen molar-refractivity contribution in [3.63, 3.8) is 0 Å². The van der Waals surface area contributed by atoms with Crippen LogP contribution in [0.15, 0.2) is 36.9 Å². The summed E-state index contributed by atoms with van der Waals surface area (Å²) in [5.74, 6) is 0.104. The van der Waals surface area contributed by atoms with Gasteiger partial charge in [-0.1, -0.05) is 18.2 Å². The topological polar surface area (TPSA) is 55.4 Å². The summed E-state index contributed by atoms with van der Waals surface area (Å²) in [7, 11) is 3.24. The first kappa shape index (κ1) is 18.4. The van der Waals surface area contributed by atoms with Crippen LogP contribution < -0.4 is 4.74 Å². The number of benzene rings is 1. The van der Waals surface area contributed by atoms with Crippen molar-refractivity contribution < 1.29 is 28.4 Å².